The Morgan fingerprint density at radius 1 is 0.900 bits per heavy atom. The van der Waals surface area contributed by atoms with Gasteiger partial charge in [0, 0.05) is 43.5 Å². The minimum atomic E-state index is -0.0877. The topological polar surface area (TPSA) is 81.0 Å². The van der Waals surface area contributed by atoms with Gasteiger partial charge in [0.05, 0.1) is 46.6 Å². The summed E-state index contributed by atoms with van der Waals surface area (Å²) in [6, 6.07) is 18.7. The third kappa shape index (κ3) is 4.39. The number of H-pyrrole nitrogens is 1. The molecule has 0 spiro atoms. The molecule has 40 heavy (non-hydrogen) atoms. The van der Waals surface area contributed by atoms with E-state index in [1.165, 1.54) is 5.56 Å². The van der Waals surface area contributed by atoms with E-state index >= 15 is 0 Å². The van der Waals surface area contributed by atoms with Crippen molar-refractivity contribution in [3.63, 3.8) is 0 Å². The molecule has 8 heteroatoms. The second-order valence-electron chi connectivity index (χ2n) is 10.0. The Morgan fingerprint density at radius 3 is 2.40 bits per heavy atom. The fraction of sp³-hybridized carbons (Fsp3) is 0.281. The van der Waals surface area contributed by atoms with Crippen molar-refractivity contribution in [2.24, 2.45) is 7.05 Å². The molecule has 0 amide bonds. The second kappa shape index (κ2) is 10.7. The number of hydroxylamine groups is 2. The van der Waals surface area contributed by atoms with Gasteiger partial charge in [0.1, 0.15) is 0 Å². The van der Waals surface area contributed by atoms with Gasteiger partial charge in [-0.15, -0.1) is 0 Å². The van der Waals surface area contributed by atoms with Crippen molar-refractivity contribution in [2.75, 3.05) is 20.2 Å². The van der Waals surface area contributed by atoms with E-state index in [4.69, 9.17) is 4.84 Å². The maximum atomic E-state index is 13.5. The van der Waals surface area contributed by atoms with E-state index in [-0.39, 0.29) is 5.69 Å². The van der Waals surface area contributed by atoms with Crippen LogP contribution in [0.1, 0.15) is 38.2 Å². The zero-order valence-electron chi connectivity index (χ0n) is 23.4. The van der Waals surface area contributed by atoms with E-state index in [9.17, 15) is 4.79 Å². The quantitative estimate of drug-likeness (QED) is 0.292. The average molecular weight is 535 g/mol. The molecule has 1 saturated heterocycles. The van der Waals surface area contributed by atoms with E-state index in [1.54, 1.807) is 24.9 Å². The molecule has 0 saturated carbocycles. The summed E-state index contributed by atoms with van der Waals surface area (Å²) in [5, 5.41) is 2.94. The summed E-state index contributed by atoms with van der Waals surface area (Å²) < 4.78 is 3.49. The predicted octanol–water partition coefficient (Wildman–Crippen LogP) is 6.19. The average Bonchev–Trinajstić information content (AvgIpc) is 3.60. The molecule has 1 aliphatic heterocycles. The van der Waals surface area contributed by atoms with Gasteiger partial charge >= 0.3 is 5.69 Å². The smallest absolute Gasteiger partial charge is 0.333 e. The Kier molecular flexibility index (Phi) is 6.96. The van der Waals surface area contributed by atoms with Crippen LogP contribution in [0.15, 0.2) is 78.0 Å². The summed E-state index contributed by atoms with van der Waals surface area (Å²) in [6.07, 6.45) is 7.69. The maximum Gasteiger partial charge on any atom is 0.333 e. The van der Waals surface area contributed by atoms with Crippen LogP contribution >= 0.6 is 0 Å². The number of fused-ring (bicyclic) bond motifs is 4. The Morgan fingerprint density at radius 2 is 1.65 bits per heavy atom. The van der Waals surface area contributed by atoms with E-state index < -0.39 is 0 Å². The predicted molar refractivity (Wildman–Crippen MR) is 161 cm³/mol. The highest BCUT2D eigenvalue weighted by Crippen LogP contribution is 2.32. The van der Waals surface area contributed by atoms with Crippen LogP contribution in [-0.4, -0.2) is 49.3 Å². The minimum Gasteiger partial charge on any atom is -0.360 e. The molecule has 7 rings (SSSR count). The van der Waals surface area contributed by atoms with E-state index in [1.807, 2.05) is 48.0 Å². The summed E-state index contributed by atoms with van der Waals surface area (Å²) in [5.41, 5.74) is 8.53. The Balaban J connectivity index is 0.00000142. The summed E-state index contributed by atoms with van der Waals surface area (Å²) in [6.45, 7) is 5.86. The summed E-state index contributed by atoms with van der Waals surface area (Å²) >= 11 is 0. The maximum absolute atomic E-state index is 13.5. The molecule has 0 unspecified atom stereocenters. The number of pyridine rings is 2. The summed E-state index contributed by atoms with van der Waals surface area (Å²) in [4.78, 5) is 31.4. The van der Waals surface area contributed by atoms with Gasteiger partial charge in [0.25, 0.3) is 0 Å². The van der Waals surface area contributed by atoms with Crippen molar-refractivity contribution in [3.05, 3.63) is 89.2 Å². The van der Waals surface area contributed by atoms with Crippen molar-refractivity contribution >= 4 is 33.0 Å². The number of aryl methyl sites for hydroxylation is 1. The molecule has 2 aromatic carbocycles. The van der Waals surface area contributed by atoms with Gasteiger partial charge in [0.2, 0.25) is 0 Å². The van der Waals surface area contributed by atoms with Crippen molar-refractivity contribution < 1.29 is 4.84 Å². The monoisotopic (exact) mass is 534 g/mol. The molecule has 4 aromatic heterocycles. The molecule has 0 bridgehead atoms. The van der Waals surface area contributed by atoms with Crippen LogP contribution in [-0.2, 0) is 11.9 Å². The molecule has 5 heterocycles. The zero-order chi connectivity index (χ0) is 27.8. The van der Waals surface area contributed by atoms with Crippen LogP contribution in [0, 0.1) is 0 Å². The first kappa shape index (κ1) is 26.0. The van der Waals surface area contributed by atoms with Gasteiger partial charge in [-0.1, -0.05) is 32.0 Å². The van der Waals surface area contributed by atoms with Crippen molar-refractivity contribution in [3.8, 4) is 16.8 Å². The minimum absolute atomic E-state index is 0.0877. The number of rotatable bonds is 4. The summed E-state index contributed by atoms with van der Waals surface area (Å²) in [5.74, 6) is 0.498. The van der Waals surface area contributed by atoms with Crippen molar-refractivity contribution in [1.82, 2.24) is 29.1 Å². The van der Waals surface area contributed by atoms with Gasteiger partial charge in [-0.05, 0) is 66.3 Å². The highest BCUT2D eigenvalue weighted by Gasteiger charge is 2.21. The highest BCUT2D eigenvalue weighted by atomic mass is 16.7. The normalized spacial score (nSPS) is 14.6. The van der Waals surface area contributed by atoms with E-state index in [0.717, 1.165) is 75.7 Å². The molecule has 0 aliphatic carbocycles. The lowest BCUT2D eigenvalue weighted by Gasteiger charge is -2.30. The number of aromatic amines is 1. The van der Waals surface area contributed by atoms with Gasteiger partial charge in [-0.25, -0.2) is 4.79 Å². The fourth-order valence-electron chi connectivity index (χ4n) is 5.78. The lowest BCUT2D eigenvalue weighted by Crippen LogP contribution is -2.31. The second-order valence-corrected chi connectivity index (χ2v) is 10.0. The first-order valence-corrected chi connectivity index (χ1v) is 13.9. The standard InChI is InChI=1S/C30H28N6O2.C2H6/c1-34-28-18-33-25-8-5-21(22-16-27-26(32-17-22)9-12-31-27)15-24(25)29(28)36(30(34)37)23-6-3-19(4-7-23)20-10-13-35(38-2)14-11-20;1-2/h3-9,12,15-18,20,31H,10-11,13-14H2,1-2H3;1-2H3. The molecular weight excluding hydrogens is 500 g/mol. The molecule has 0 radical (unpaired) electrons. The Labute approximate surface area is 232 Å². The molecular formula is C32H34N6O2. The highest BCUT2D eigenvalue weighted by molar-refractivity contribution is 6.04. The van der Waals surface area contributed by atoms with E-state index in [2.05, 4.69) is 57.4 Å². The molecule has 204 valence electrons. The number of imidazole rings is 1. The SMILES string of the molecule is CC.CON1CCC(c2ccc(-n3c(=O)n(C)c4cnc5ccc(-c6cnc7cc[nH]c7c6)cc5c43)cc2)CC1. The lowest BCUT2D eigenvalue weighted by atomic mass is 9.90. The van der Waals surface area contributed by atoms with Gasteiger partial charge in [-0.3, -0.25) is 19.1 Å². The van der Waals surface area contributed by atoms with E-state index in [0.29, 0.717) is 5.92 Å². The van der Waals surface area contributed by atoms with Crippen LogP contribution in [0.4, 0.5) is 0 Å². The van der Waals surface area contributed by atoms with Crippen molar-refractivity contribution in [2.45, 2.75) is 32.6 Å². The molecule has 1 fully saturated rings. The molecule has 1 N–H and O–H groups in total. The molecule has 1 aliphatic rings. The number of hydrogen-bond donors (Lipinski definition) is 1. The Hall–Kier alpha value is -4.27. The number of hydrogen-bond acceptors (Lipinski definition) is 5. The Bertz CT molecular complexity index is 1860. The molecule has 8 nitrogen and oxygen atoms in total. The first-order chi connectivity index (χ1) is 19.6. The van der Waals surface area contributed by atoms with Crippen LogP contribution < -0.4 is 5.69 Å². The third-order valence-corrected chi connectivity index (χ3v) is 7.95. The van der Waals surface area contributed by atoms with Gasteiger partial charge < -0.3 is 9.82 Å². The number of aromatic nitrogens is 5. The fourth-order valence-corrected chi connectivity index (χ4v) is 5.78. The largest absolute Gasteiger partial charge is 0.360 e. The number of nitrogens with zero attached hydrogens (tertiary/aromatic N) is 5. The number of benzene rings is 2. The number of piperidine rings is 1. The third-order valence-electron chi connectivity index (χ3n) is 7.95. The zero-order valence-corrected chi connectivity index (χ0v) is 23.4. The van der Waals surface area contributed by atoms with Gasteiger partial charge in [0.15, 0.2) is 0 Å². The van der Waals surface area contributed by atoms with Gasteiger partial charge in [-0.2, -0.15) is 5.06 Å². The van der Waals surface area contributed by atoms with Crippen LogP contribution in [0.25, 0.3) is 49.8 Å². The molecule has 0 atom stereocenters. The molecule has 6 aromatic rings. The van der Waals surface area contributed by atoms with Crippen molar-refractivity contribution in [1.29, 1.82) is 0 Å². The number of nitrogens with one attached hydrogen (secondary N) is 1. The summed E-state index contributed by atoms with van der Waals surface area (Å²) in [7, 11) is 3.54. The van der Waals surface area contributed by atoms with Crippen LogP contribution in [0.3, 0.4) is 0 Å². The van der Waals surface area contributed by atoms with Crippen LogP contribution in [0.2, 0.25) is 0 Å². The lowest BCUT2D eigenvalue weighted by molar-refractivity contribution is -0.143. The first-order valence-electron chi connectivity index (χ1n) is 13.9. The van der Waals surface area contributed by atoms with Crippen LogP contribution in [0.5, 0.6) is 0 Å².